The number of benzene rings is 2. The summed E-state index contributed by atoms with van der Waals surface area (Å²) in [6, 6.07) is 21.0. The van der Waals surface area contributed by atoms with Crippen LogP contribution in [0.1, 0.15) is 59.6 Å². The number of hydrogen-bond donors (Lipinski definition) is 1. The fourth-order valence-corrected chi connectivity index (χ4v) is 9.78. The maximum Gasteiger partial charge on any atom is 0.348 e. The predicted octanol–water partition coefficient (Wildman–Crippen LogP) is 6.19. The van der Waals surface area contributed by atoms with Crippen LogP contribution in [0.5, 0.6) is 0 Å². The Hall–Kier alpha value is -4.43. The molecule has 4 heterocycles. The molecule has 7 rings (SSSR count). The molecule has 1 aliphatic carbocycles. The molecule has 1 saturated carbocycles. The van der Waals surface area contributed by atoms with Gasteiger partial charge in [-0.3, -0.25) is 14.6 Å². The van der Waals surface area contributed by atoms with Gasteiger partial charge in [0.2, 0.25) is 15.9 Å². The van der Waals surface area contributed by atoms with E-state index >= 15 is 0 Å². The van der Waals surface area contributed by atoms with Crippen LogP contribution in [-0.2, 0) is 14.8 Å². The molecule has 0 radical (unpaired) electrons. The average molecular weight is 744 g/mol. The quantitative estimate of drug-likeness (QED) is 0.226. The van der Waals surface area contributed by atoms with Crippen LogP contribution in [0, 0.1) is 5.92 Å². The highest BCUT2D eigenvalue weighted by Gasteiger charge is 2.44. The SMILES string of the molecule is C.CN1CCN(C(=O)c2ccc(-c3ccc(S(=O)(=O)N4CC(=O)N(c5cc(-c6ccccc6)sc5C(=O)O)[C@H](C5CCCCC5)C4)cn3)cc2)CC1. The van der Waals surface area contributed by atoms with Crippen LogP contribution in [0.25, 0.3) is 21.7 Å². The molecule has 4 aromatic rings. The van der Waals surface area contributed by atoms with E-state index in [2.05, 4.69) is 9.88 Å². The number of thiophene rings is 1. The number of hydrogen-bond acceptors (Lipinski definition) is 8. The van der Waals surface area contributed by atoms with Crippen LogP contribution >= 0.6 is 11.3 Å². The van der Waals surface area contributed by atoms with Crippen molar-refractivity contribution in [2.24, 2.45) is 5.92 Å². The number of likely N-dealkylation sites (N-methyl/N-ethyl adjacent to an activating group) is 1. The lowest BCUT2D eigenvalue weighted by Gasteiger charge is -2.44. The van der Waals surface area contributed by atoms with Crippen molar-refractivity contribution < 1.29 is 27.9 Å². The van der Waals surface area contributed by atoms with Crippen molar-refractivity contribution >= 4 is 44.8 Å². The van der Waals surface area contributed by atoms with E-state index in [1.807, 2.05) is 54.4 Å². The highest BCUT2D eigenvalue weighted by atomic mass is 32.2. The highest BCUT2D eigenvalue weighted by Crippen LogP contribution is 2.42. The second-order valence-electron chi connectivity index (χ2n) is 13.6. The number of sulfonamides is 1. The van der Waals surface area contributed by atoms with E-state index in [0.717, 1.165) is 72.5 Å². The summed E-state index contributed by atoms with van der Waals surface area (Å²) in [5.41, 5.74) is 3.07. The third-order valence-corrected chi connectivity index (χ3v) is 13.3. The Kier molecular flexibility index (Phi) is 11.2. The van der Waals surface area contributed by atoms with Gasteiger partial charge in [-0.1, -0.05) is 69.2 Å². The maximum absolute atomic E-state index is 14.1. The van der Waals surface area contributed by atoms with Crippen LogP contribution in [0.4, 0.5) is 5.69 Å². The first-order valence-electron chi connectivity index (χ1n) is 17.4. The summed E-state index contributed by atoms with van der Waals surface area (Å²) in [6.07, 6.45) is 5.98. The zero-order valence-electron chi connectivity index (χ0n) is 28.5. The van der Waals surface area contributed by atoms with Gasteiger partial charge in [0.15, 0.2) is 0 Å². The second kappa shape index (κ2) is 15.7. The van der Waals surface area contributed by atoms with Gasteiger partial charge in [-0.15, -0.1) is 11.3 Å². The Balaban J connectivity index is 0.00000464. The molecular weight excluding hydrogens is 699 g/mol. The first-order chi connectivity index (χ1) is 24.6. The molecule has 0 spiro atoms. The molecule has 2 aromatic heterocycles. The zero-order valence-corrected chi connectivity index (χ0v) is 30.1. The summed E-state index contributed by atoms with van der Waals surface area (Å²) in [6.45, 7) is 2.69. The van der Waals surface area contributed by atoms with Crippen molar-refractivity contribution in [3.05, 3.63) is 89.4 Å². The number of aromatic carboxylic acids is 1. The third kappa shape index (κ3) is 7.54. The van der Waals surface area contributed by atoms with E-state index in [-0.39, 0.29) is 35.6 Å². The molecule has 2 amide bonds. The van der Waals surface area contributed by atoms with Crippen molar-refractivity contribution in [3.63, 3.8) is 0 Å². The topological polar surface area (TPSA) is 131 Å². The Morgan fingerprint density at radius 2 is 1.58 bits per heavy atom. The number of pyridine rings is 1. The summed E-state index contributed by atoms with van der Waals surface area (Å²) in [7, 11) is -2.07. The van der Waals surface area contributed by atoms with Gasteiger partial charge in [0.25, 0.3) is 5.91 Å². The molecular formula is C39H45N5O6S2. The van der Waals surface area contributed by atoms with E-state index in [1.54, 1.807) is 29.2 Å². The lowest BCUT2D eigenvalue weighted by molar-refractivity contribution is -0.121. The van der Waals surface area contributed by atoms with Gasteiger partial charge in [0, 0.05) is 54.9 Å². The van der Waals surface area contributed by atoms with Crippen LogP contribution in [0.15, 0.2) is 83.9 Å². The normalized spacial score (nSPS) is 19.3. The Bertz CT molecular complexity index is 2000. The second-order valence-corrected chi connectivity index (χ2v) is 16.6. The van der Waals surface area contributed by atoms with E-state index in [4.69, 9.17) is 0 Å². The van der Waals surface area contributed by atoms with Gasteiger partial charge in [-0.05, 0) is 61.7 Å². The van der Waals surface area contributed by atoms with Crippen molar-refractivity contribution in [2.75, 3.05) is 51.2 Å². The number of aromatic nitrogens is 1. The molecule has 3 fully saturated rings. The molecule has 0 unspecified atom stereocenters. The Labute approximate surface area is 309 Å². The lowest BCUT2D eigenvalue weighted by Crippen LogP contribution is -2.60. The zero-order chi connectivity index (χ0) is 35.7. The molecule has 52 heavy (non-hydrogen) atoms. The summed E-state index contributed by atoms with van der Waals surface area (Å²) < 4.78 is 29.4. The largest absolute Gasteiger partial charge is 0.477 e. The number of carbonyl (C=O) groups excluding carboxylic acids is 2. The van der Waals surface area contributed by atoms with Crippen molar-refractivity contribution in [1.29, 1.82) is 0 Å². The fraction of sp³-hybridized carbons (Fsp3) is 0.385. The molecule has 13 heteroatoms. The van der Waals surface area contributed by atoms with Gasteiger partial charge in [0.05, 0.1) is 24.0 Å². The van der Waals surface area contributed by atoms with E-state index in [1.165, 1.54) is 16.6 Å². The number of carboxylic acid groups (broad SMARTS) is 1. The molecule has 2 saturated heterocycles. The van der Waals surface area contributed by atoms with Crippen molar-refractivity contribution in [1.82, 2.24) is 19.1 Å². The minimum Gasteiger partial charge on any atom is -0.477 e. The van der Waals surface area contributed by atoms with Crippen LogP contribution in [-0.4, -0.2) is 103 Å². The van der Waals surface area contributed by atoms with Crippen molar-refractivity contribution in [3.8, 4) is 21.7 Å². The number of rotatable bonds is 8. The number of amides is 2. The standard InChI is InChI=1S/C38H41N5O6S2.CH4/c1-40-18-20-41(21-19-40)37(45)29-14-12-26(13-15-29)31-17-16-30(23-39-31)51(48,49)42-24-33(27-8-4-2-5-9-27)43(35(44)25-42)32-22-34(50-36(32)38(46)47)28-10-6-3-7-11-28;/h3,6-7,10-17,22-23,27,33H,2,4-5,8-9,18-21,24-25H2,1H3,(H,46,47);1H4/t33-;/m0./s1. The minimum atomic E-state index is -4.11. The molecule has 11 nitrogen and oxygen atoms in total. The van der Waals surface area contributed by atoms with E-state index in [0.29, 0.717) is 30.0 Å². The average Bonchev–Trinajstić information content (AvgIpc) is 3.61. The molecule has 274 valence electrons. The molecule has 2 aromatic carbocycles. The number of anilines is 1. The molecule has 2 aliphatic heterocycles. The minimum absolute atomic E-state index is 0. The summed E-state index contributed by atoms with van der Waals surface area (Å²) in [5.74, 6) is -1.56. The monoisotopic (exact) mass is 743 g/mol. The number of piperazine rings is 2. The summed E-state index contributed by atoms with van der Waals surface area (Å²) in [5, 5.41) is 10.2. The summed E-state index contributed by atoms with van der Waals surface area (Å²) >= 11 is 1.12. The Morgan fingerprint density at radius 3 is 2.21 bits per heavy atom. The lowest BCUT2D eigenvalue weighted by atomic mass is 9.82. The van der Waals surface area contributed by atoms with Gasteiger partial charge in [-0.25, -0.2) is 13.2 Å². The highest BCUT2D eigenvalue weighted by molar-refractivity contribution is 7.89. The predicted molar refractivity (Wildman–Crippen MR) is 203 cm³/mol. The molecule has 1 N–H and O–H groups in total. The van der Waals surface area contributed by atoms with Crippen LogP contribution in [0.2, 0.25) is 0 Å². The maximum atomic E-state index is 14.1. The molecule has 0 bridgehead atoms. The third-order valence-electron chi connectivity index (χ3n) is 10.3. The van der Waals surface area contributed by atoms with E-state index in [9.17, 15) is 27.9 Å². The number of nitrogens with zero attached hydrogens (tertiary/aromatic N) is 5. The smallest absolute Gasteiger partial charge is 0.348 e. The molecule has 3 aliphatic rings. The number of carboxylic acids is 1. The van der Waals surface area contributed by atoms with Crippen molar-refractivity contribution in [2.45, 2.75) is 50.5 Å². The Morgan fingerprint density at radius 1 is 0.885 bits per heavy atom. The van der Waals surface area contributed by atoms with E-state index < -0.39 is 34.5 Å². The number of carbonyl (C=O) groups is 3. The van der Waals surface area contributed by atoms with Gasteiger partial charge in [-0.2, -0.15) is 4.31 Å². The van der Waals surface area contributed by atoms with Gasteiger partial charge in [0.1, 0.15) is 9.77 Å². The fourth-order valence-electron chi connectivity index (χ4n) is 7.43. The van der Waals surface area contributed by atoms with Gasteiger partial charge >= 0.3 is 5.97 Å². The first kappa shape index (κ1) is 37.3. The van der Waals surface area contributed by atoms with Crippen LogP contribution < -0.4 is 4.90 Å². The molecule has 1 atom stereocenters. The summed E-state index contributed by atoms with van der Waals surface area (Å²) in [4.78, 5) is 50.4. The first-order valence-corrected chi connectivity index (χ1v) is 19.6. The van der Waals surface area contributed by atoms with Gasteiger partial charge < -0.3 is 19.8 Å². The van der Waals surface area contributed by atoms with Crippen LogP contribution in [0.3, 0.4) is 0 Å².